The SMILES string of the molecule is N#CC1C(=O)NC(=O)[C@H]([n+]2ccccc2)[C@H]1c1cccc(OCC(N)=O)c1. The van der Waals surface area contributed by atoms with Crippen LogP contribution in [-0.4, -0.2) is 24.3 Å². The summed E-state index contributed by atoms with van der Waals surface area (Å²) in [4.78, 5) is 35.8. The molecule has 1 saturated heterocycles. The normalized spacial score (nSPS) is 21.8. The highest BCUT2D eigenvalue weighted by molar-refractivity contribution is 6.02. The van der Waals surface area contributed by atoms with Gasteiger partial charge in [-0.25, -0.2) is 0 Å². The summed E-state index contributed by atoms with van der Waals surface area (Å²) >= 11 is 0. The van der Waals surface area contributed by atoms with Crippen LogP contribution in [0.1, 0.15) is 17.5 Å². The van der Waals surface area contributed by atoms with E-state index in [4.69, 9.17) is 10.5 Å². The Morgan fingerprint density at radius 1 is 1.19 bits per heavy atom. The maximum absolute atomic E-state index is 12.6. The summed E-state index contributed by atoms with van der Waals surface area (Å²) in [5, 5.41) is 11.8. The molecule has 1 aromatic heterocycles. The lowest BCUT2D eigenvalue weighted by Crippen LogP contribution is -2.59. The molecule has 0 aliphatic carbocycles. The minimum atomic E-state index is -1.06. The lowest BCUT2D eigenvalue weighted by atomic mass is 9.77. The highest BCUT2D eigenvalue weighted by atomic mass is 16.5. The number of primary amides is 1. The van der Waals surface area contributed by atoms with E-state index in [-0.39, 0.29) is 6.61 Å². The number of benzene rings is 1. The molecule has 3 atom stereocenters. The second-order valence-electron chi connectivity index (χ2n) is 6.08. The minimum Gasteiger partial charge on any atom is -0.484 e. The van der Waals surface area contributed by atoms with Gasteiger partial charge in [0.15, 0.2) is 19.0 Å². The highest BCUT2D eigenvalue weighted by Gasteiger charge is 2.50. The van der Waals surface area contributed by atoms with E-state index >= 15 is 0 Å². The number of hydrogen-bond acceptors (Lipinski definition) is 5. The van der Waals surface area contributed by atoms with Crippen LogP contribution in [0.4, 0.5) is 0 Å². The molecule has 8 heteroatoms. The van der Waals surface area contributed by atoms with Gasteiger partial charge >= 0.3 is 0 Å². The lowest BCUT2D eigenvalue weighted by molar-refractivity contribution is -0.713. The Morgan fingerprint density at radius 3 is 2.59 bits per heavy atom. The van der Waals surface area contributed by atoms with E-state index in [2.05, 4.69) is 5.32 Å². The third-order valence-corrected chi connectivity index (χ3v) is 4.32. The molecule has 0 bridgehead atoms. The van der Waals surface area contributed by atoms with Gasteiger partial charge in [-0.15, -0.1) is 0 Å². The Labute approximate surface area is 155 Å². The van der Waals surface area contributed by atoms with Crippen molar-refractivity contribution in [3.63, 3.8) is 0 Å². The number of hydrogen-bond donors (Lipinski definition) is 2. The summed E-state index contributed by atoms with van der Waals surface area (Å²) in [5.74, 6) is -3.18. The van der Waals surface area contributed by atoms with E-state index in [1.54, 1.807) is 59.4 Å². The van der Waals surface area contributed by atoms with Crippen LogP contribution in [0.25, 0.3) is 0 Å². The molecular weight excluding hydrogens is 348 g/mol. The fraction of sp³-hybridized carbons (Fsp3) is 0.211. The van der Waals surface area contributed by atoms with Crippen molar-refractivity contribution in [2.24, 2.45) is 11.7 Å². The molecular formula is C19H17N4O4+. The largest absolute Gasteiger partial charge is 0.484 e. The molecule has 3 N–H and O–H groups in total. The number of piperidine rings is 1. The summed E-state index contributed by atoms with van der Waals surface area (Å²) in [7, 11) is 0. The first-order valence-electron chi connectivity index (χ1n) is 8.22. The first-order valence-corrected chi connectivity index (χ1v) is 8.22. The summed E-state index contributed by atoms with van der Waals surface area (Å²) in [6.07, 6.45) is 3.41. The molecule has 1 fully saturated rings. The number of carbonyl (C=O) groups is 3. The standard InChI is InChI=1S/C19H16N4O4/c20-10-14-16(12-5-4-6-13(9-12)27-11-15(21)24)17(19(26)22-18(14)25)23-7-2-1-3-8-23/h1-9,14,16-17H,11H2,(H2-,21,22,24,25,26)/p+1/t14?,16-,17+/m0/s1. The van der Waals surface area contributed by atoms with Crippen LogP contribution in [0.5, 0.6) is 5.75 Å². The number of nitrogens with zero attached hydrogens (tertiary/aromatic N) is 2. The number of aromatic nitrogens is 1. The summed E-state index contributed by atoms with van der Waals surface area (Å²) in [6.45, 7) is -0.300. The van der Waals surface area contributed by atoms with E-state index in [0.717, 1.165) is 0 Å². The van der Waals surface area contributed by atoms with Crippen LogP contribution in [0.15, 0.2) is 54.9 Å². The number of nitrogens with two attached hydrogens (primary N) is 1. The number of rotatable bonds is 5. The van der Waals surface area contributed by atoms with Crippen molar-refractivity contribution in [3.8, 4) is 11.8 Å². The summed E-state index contributed by atoms with van der Waals surface area (Å²) in [5.41, 5.74) is 5.67. The van der Waals surface area contributed by atoms with E-state index in [0.29, 0.717) is 11.3 Å². The molecule has 2 heterocycles. The van der Waals surface area contributed by atoms with Crippen molar-refractivity contribution < 1.29 is 23.7 Å². The molecule has 0 spiro atoms. The molecule has 1 aromatic carbocycles. The number of nitriles is 1. The van der Waals surface area contributed by atoms with Crippen molar-refractivity contribution in [1.82, 2.24) is 5.32 Å². The molecule has 8 nitrogen and oxygen atoms in total. The first kappa shape index (κ1) is 18.1. The van der Waals surface area contributed by atoms with Crippen molar-refractivity contribution in [2.75, 3.05) is 6.61 Å². The van der Waals surface area contributed by atoms with Crippen molar-refractivity contribution in [2.45, 2.75) is 12.0 Å². The van der Waals surface area contributed by atoms with Gasteiger partial charge in [0.1, 0.15) is 11.7 Å². The van der Waals surface area contributed by atoms with Gasteiger partial charge in [0.2, 0.25) is 11.9 Å². The van der Waals surface area contributed by atoms with Gasteiger partial charge in [-0.3, -0.25) is 19.7 Å². The zero-order valence-electron chi connectivity index (χ0n) is 14.2. The number of imide groups is 1. The van der Waals surface area contributed by atoms with Gasteiger partial charge in [0, 0.05) is 12.1 Å². The molecule has 2 aromatic rings. The molecule has 0 radical (unpaired) electrons. The third kappa shape index (κ3) is 3.77. The second kappa shape index (κ2) is 7.66. The summed E-state index contributed by atoms with van der Waals surface area (Å²) in [6, 6.07) is 13.2. The quantitative estimate of drug-likeness (QED) is 0.568. The first-order chi connectivity index (χ1) is 13.0. The Morgan fingerprint density at radius 2 is 1.93 bits per heavy atom. The van der Waals surface area contributed by atoms with E-state index in [1.165, 1.54) is 0 Å². The van der Waals surface area contributed by atoms with Gasteiger partial charge in [-0.05, 0) is 17.7 Å². The minimum absolute atomic E-state index is 0.300. The van der Waals surface area contributed by atoms with Crippen LogP contribution in [0.2, 0.25) is 0 Å². The van der Waals surface area contributed by atoms with Crippen molar-refractivity contribution in [1.29, 1.82) is 5.26 Å². The molecule has 27 heavy (non-hydrogen) atoms. The molecule has 3 amide bonds. The maximum atomic E-state index is 12.6. The van der Waals surface area contributed by atoms with Crippen molar-refractivity contribution >= 4 is 17.7 Å². The van der Waals surface area contributed by atoms with Gasteiger partial charge in [-0.1, -0.05) is 18.2 Å². The fourth-order valence-corrected chi connectivity index (χ4v) is 3.18. The lowest BCUT2D eigenvalue weighted by Gasteiger charge is -2.30. The molecule has 3 rings (SSSR count). The Kier molecular flexibility index (Phi) is 5.13. The monoisotopic (exact) mass is 365 g/mol. The molecule has 1 aliphatic heterocycles. The molecule has 1 aliphatic rings. The highest BCUT2D eigenvalue weighted by Crippen LogP contribution is 2.37. The number of nitrogens with one attached hydrogen (secondary N) is 1. The molecule has 0 saturated carbocycles. The fourth-order valence-electron chi connectivity index (χ4n) is 3.18. The van der Waals surface area contributed by atoms with Gasteiger partial charge in [0.25, 0.3) is 11.8 Å². The second-order valence-corrected chi connectivity index (χ2v) is 6.08. The van der Waals surface area contributed by atoms with Crippen LogP contribution < -0.4 is 20.4 Å². The van der Waals surface area contributed by atoms with Gasteiger partial charge < -0.3 is 10.5 Å². The van der Waals surface area contributed by atoms with Crippen LogP contribution in [0, 0.1) is 17.2 Å². The topological polar surface area (TPSA) is 126 Å². The Hall–Kier alpha value is -3.73. The average Bonchev–Trinajstić information content (AvgIpc) is 2.66. The van der Waals surface area contributed by atoms with Gasteiger partial charge in [0.05, 0.1) is 12.0 Å². The van der Waals surface area contributed by atoms with E-state index in [9.17, 15) is 19.6 Å². The van der Waals surface area contributed by atoms with Crippen LogP contribution in [-0.2, 0) is 14.4 Å². The predicted molar refractivity (Wildman–Crippen MR) is 91.8 cm³/mol. The van der Waals surface area contributed by atoms with Crippen molar-refractivity contribution in [3.05, 3.63) is 60.4 Å². The van der Waals surface area contributed by atoms with E-state index in [1.807, 2.05) is 6.07 Å². The zero-order chi connectivity index (χ0) is 19.4. The predicted octanol–water partition coefficient (Wildman–Crippen LogP) is -0.0407. The van der Waals surface area contributed by atoms with E-state index < -0.39 is 35.6 Å². The molecule has 1 unspecified atom stereocenters. The maximum Gasteiger partial charge on any atom is 0.296 e. The zero-order valence-corrected chi connectivity index (χ0v) is 14.2. The van der Waals surface area contributed by atoms with Crippen LogP contribution in [0.3, 0.4) is 0 Å². The summed E-state index contributed by atoms with van der Waals surface area (Å²) < 4.78 is 6.97. The Bertz CT molecular complexity index is 923. The van der Waals surface area contributed by atoms with Crippen LogP contribution >= 0.6 is 0 Å². The number of amides is 3. The third-order valence-electron chi connectivity index (χ3n) is 4.32. The number of carbonyl (C=O) groups excluding carboxylic acids is 3. The average molecular weight is 365 g/mol. The number of ether oxygens (including phenoxy) is 1. The Balaban J connectivity index is 2.05. The van der Waals surface area contributed by atoms with Gasteiger partial charge in [-0.2, -0.15) is 9.83 Å². The smallest absolute Gasteiger partial charge is 0.296 e. The molecule has 136 valence electrons. The number of pyridine rings is 1.